The molecule has 22 heteroatoms. The molecule has 0 bridgehead atoms. The number of nitrogens with one attached hydrogen (secondary N) is 1. The number of nitrogens with two attached hydrogens (primary N) is 1. The Morgan fingerprint density at radius 2 is 1.49 bits per heavy atom. The number of piperazine rings is 2. The number of rotatable bonds is 15. The fourth-order valence-electron chi connectivity index (χ4n) is 8.54. The summed E-state index contributed by atoms with van der Waals surface area (Å²) in [6, 6.07) is 10.7. The second-order valence-electron chi connectivity index (χ2n) is 17.1. The van der Waals surface area contributed by atoms with Gasteiger partial charge in [-0.15, -0.1) is 10.2 Å². The van der Waals surface area contributed by atoms with Crippen molar-refractivity contribution in [3.63, 3.8) is 0 Å². The number of alkyl halides is 2. The molecule has 67 heavy (non-hydrogen) atoms. The van der Waals surface area contributed by atoms with E-state index in [2.05, 4.69) is 45.2 Å². The highest BCUT2D eigenvalue weighted by molar-refractivity contribution is 5.92. The number of hydrogen-bond acceptors (Lipinski definition) is 17. The van der Waals surface area contributed by atoms with Gasteiger partial charge in [-0.25, -0.2) is 18.7 Å². The third kappa shape index (κ3) is 10.8. The second kappa shape index (κ2) is 20.9. The van der Waals surface area contributed by atoms with Crippen LogP contribution in [0.3, 0.4) is 0 Å². The van der Waals surface area contributed by atoms with Gasteiger partial charge in [0.25, 0.3) is 12.3 Å². The lowest BCUT2D eigenvalue weighted by Gasteiger charge is -2.36. The molecular weight excluding hydrogens is 869 g/mol. The summed E-state index contributed by atoms with van der Waals surface area (Å²) in [5.41, 5.74) is 7.76. The number of aromatic nitrogens is 8. The van der Waals surface area contributed by atoms with E-state index in [1.54, 1.807) is 10.6 Å². The number of anilines is 3. The standard InChI is InChI=1S/C45H57F2N15O5/c1-4-49-42(66)41-56-55-40(32-24-31(28(2)3)34(63)25-35(32)64)62(41)30-9-7-29(8-10-30)27-58-14-16-59(17-15-58)36(65)6-5-11-57-12-18-60(19-13-57)44-52-39(33-26-50-43(48)51-37(33)38(46)47)53-45(54-44)61-20-22-67-23-21-61/h7-10,24-26,28,38,63-64H,4-6,11-23,27H2,1-3H3,(H,49,66)(H2,48,50,51). The van der Waals surface area contributed by atoms with Gasteiger partial charge in [0.1, 0.15) is 17.2 Å². The van der Waals surface area contributed by atoms with E-state index >= 15 is 0 Å². The number of ether oxygens (including phenoxy) is 1. The molecule has 2 aromatic carbocycles. The normalized spacial score (nSPS) is 16.3. The monoisotopic (exact) mass is 925 g/mol. The quantitative estimate of drug-likeness (QED) is 0.118. The van der Waals surface area contributed by atoms with Crippen molar-refractivity contribution in [3.05, 3.63) is 65.2 Å². The van der Waals surface area contributed by atoms with Gasteiger partial charge in [-0.1, -0.05) is 26.0 Å². The van der Waals surface area contributed by atoms with Gasteiger partial charge in [-0.3, -0.25) is 24.0 Å². The van der Waals surface area contributed by atoms with Gasteiger partial charge >= 0.3 is 0 Å². The number of nitrogen functional groups attached to an aromatic ring is 1. The maximum atomic E-state index is 14.1. The molecule has 20 nitrogen and oxygen atoms in total. The van der Waals surface area contributed by atoms with E-state index in [0.29, 0.717) is 114 Å². The summed E-state index contributed by atoms with van der Waals surface area (Å²) in [6.07, 6.45) is -0.506. The van der Waals surface area contributed by atoms with Crippen molar-refractivity contribution < 1.29 is 33.3 Å². The number of phenols is 2. The first-order valence-electron chi connectivity index (χ1n) is 22.7. The molecular formula is C45H57F2N15O5. The molecule has 0 unspecified atom stereocenters. The zero-order valence-corrected chi connectivity index (χ0v) is 38.0. The molecule has 0 aliphatic carbocycles. The molecule has 3 aromatic heterocycles. The molecule has 0 radical (unpaired) electrons. The lowest BCUT2D eigenvalue weighted by atomic mass is 9.98. The van der Waals surface area contributed by atoms with E-state index in [4.69, 9.17) is 15.5 Å². The van der Waals surface area contributed by atoms with E-state index in [1.807, 2.05) is 59.7 Å². The molecule has 8 rings (SSSR count). The fourth-order valence-corrected chi connectivity index (χ4v) is 8.54. The Balaban J connectivity index is 0.828. The number of carbonyl (C=O) groups excluding carboxylic acids is 2. The first-order chi connectivity index (χ1) is 32.4. The Morgan fingerprint density at radius 3 is 2.15 bits per heavy atom. The summed E-state index contributed by atoms with van der Waals surface area (Å²) < 4.78 is 35.2. The Hall–Kier alpha value is -6.65. The van der Waals surface area contributed by atoms with Crippen molar-refractivity contribution >= 4 is 29.7 Å². The third-order valence-electron chi connectivity index (χ3n) is 12.2. The average Bonchev–Trinajstić information content (AvgIpc) is 3.77. The van der Waals surface area contributed by atoms with Crippen LogP contribution in [0, 0.1) is 0 Å². The molecule has 2 amide bonds. The maximum absolute atomic E-state index is 14.1. The Labute approximate surface area is 386 Å². The van der Waals surface area contributed by atoms with Crippen molar-refractivity contribution in [1.82, 2.24) is 59.7 Å². The zero-order chi connectivity index (χ0) is 47.2. The number of amides is 2. The SMILES string of the molecule is CCNC(=O)c1nnc(-c2cc(C(C)C)c(O)cc2O)n1-c1ccc(CN2CCN(C(=O)CCCN3CCN(c4nc(-c5cnc(N)nc5C(F)F)nc(N5CCOCC5)n4)CC3)CC2)cc1. The zero-order valence-electron chi connectivity index (χ0n) is 38.0. The predicted octanol–water partition coefficient (Wildman–Crippen LogP) is 3.46. The van der Waals surface area contributed by atoms with Crippen LogP contribution in [0.2, 0.25) is 0 Å². The van der Waals surface area contributed by atoms with Crippen molar-refractivity contribution in [2.24, 2.45) is 0 Å². The lowest BCUT2D eigenvalue weighted by Crippen LogP contribution is -2.49. The molecule has 0 atom stereocenters. The fraction of sp³-hybridized carbons (Fsp3) is 0.489. The van der Waals surface area contributed by atoms with Crippen LogP contribution >= 0.6 is 0 Å². The Morgan fingerprint density at radius 1 is 0.821 bits per heavy atom. The van der Waals surface area contributed by atoms with Crippen LogP contribution < -0.4 is 20.9 Å². The van der Waals surface area contributed by atoms with Gasteiger partial charge in [-0.2, -0.15) is 15.0 Å². The topological polar surface area (TPSA) is 233 Å². The number of morpholine rings is 1. The largest absolute Gasteiger partial charge is 0.508 e. The van der Waals surface area contributed by atoms with E-state index in [1.165, 1.54) is 12.3 Å². The molecule has 356 valence electrons. The number of carbonyl (C=O) groups is 2. The van der Waals surface area contributed by atoms with E-state index in [0.717, 1.165) is 31.6 Å². The van der Waals surface area contributed by atoms with E-state index in [9.17, 15) is 28.6 Å². The van der Waals surface area contributed by atoms with Crippen LogP contribution in [-0.2, 0) is 16.1 Å². The highest BCUT2D eigenvalue weighted by Crippen LogP contribution is 2.38. The van der Waals surface area contributed by atoms with Crippen LogP contribution in [0.4, 0.5) is 26.6 Å². The summed E-state index contributed by atoms with van der Waals surface area (Å²) in [4.78, 5) is 58.6. The minimum atomic E-state index is -2.90. The van der Waals surface area contributed by atoms with E-state index in [-0.39, 0.29) is 52.3 Å². The minimum absolute atomic E-state index is 0.00281. The molecule has 3 aliphatic heterocycles. The third-order valence-corrected chi connectivity index (χ3v) is 12.2. The minimum Gasteiger partial charge on any atom is -0.508 e. The van der Waals surface area contributed by atoms with Crippen LogP contribution in [0.15, 0.2) is 42.6 Å². The molecule has 3 fully saturated rings. The Kier molecular flexibility index (Phi) is 14.6. The summed E-state index contributed by atoms with van der Waals surface area (Å²) in [5, 5.41) is 32.6. The highest BCUT2D eigenvalue weighted by Gasteiger charge is 2.28. The second-order valence-corrected chi connectivity index (χ2v) is 17.1. The number of nitrogens with zero attached hydrogens (tertiary/aromatic N) is 13. The van der Waals surface area contributed by atoms with Gasteiger partial charge in [0.15, 0.2) is 11.6 Å². The molecule has 5 aromatic rings. The number of halogens is 2. The maximum Gasteiger partial charge on any atom is 0.289 e. The van der Waals surface area contributed by atoms with Gasteiger partial charge in [0.2, 0.25) is 29.6 Å². The number of benzene rings is 2. The van der Waals surface area contributed by atoms with Crippen LogP contribution in [0.5, 0.6) is 11.5 Å². The molecule has 6 heterocycles. The Bertz CT molecular complexity index is 2520. The summed E-state index contributed by atoms with van der Waals surface area (Å²) in [5.74, 6) is 0.384. The number of phenolic OH excluding ortho intramolecular Hbond substituents is 2. The molecule has 5 N–H and O–H groups in total. The van der Waals surface area contributed by atoms with Crippen molar-refractivity contribution in [3.8, 4) is 40.0 Å². The highest BCUT2D eigenvalue weighted by atomic mass is 19.3. The first kappa shape index (κ1) is 46.9. The van der Waals surface area contributed by atoms with Crippen LogP contribution in [0.25, 0.3) is 28.5 Å². The van der Waals surface area contributed by atoms with Crippen molar-refractivity contribution in [2.75, 3.05) is 107 Å². The summed E-state index contributed by atoms with van der Waals surface area (Å²) in [6.45, 7) is 15.0. The van der Waals surface area contributed by atoms with Crippen LogP contribution in [0.1, 0.15) is 73.4 Å². The van der Waals surface area contributed by atoms with Gasteiger partial charge in [-0.05, 0) is 55.1 Å². The van der Waals surface area contributed by atoms with Gasteiger partial charge < -0.3 is 40.7 Å². The van der Waals surface area contributed by atoms with E-state index < -0.39 is 18.0 Å². The number of aromatic hydroxyl groups is 2. The summed E-state index contributed by atoms with van der Waals surface area (Å²) >= 11 is 0. The predicted molar refractivity (Wildman–Crippen MR) is 245 cm³/mol. The van der Waals surface area contributed by atoms with Crippen molar-refractivity contribution in [1.29, 1.82) is 0 Å². The lowest BCUT2D eigenvalue weighted by molar-refractivity contribution is -0.133. The molecule has 3 saturated heterocycles. The summed E-state index contributed by atoms with van der Waals surface area (Å²) in [7, 11) is 0. The average molecular weight is 926 g/mol. The molecule has 0 spiro atoms. The van der Waals surface area contributed by atoms with Gasteiger partial charge in [0.05, 0.1) is 24.3 Å². The van der Waals surface area contributed by atoms with Crippen LogP contribution in [-0.4, -0.2) is 168 Å². The molecule has 0 saturated carbocycles. The number of hydrogen-bond donors (Lipinski definition) is 4. The smallest absolute Gasteiger partial charge is 0.289 e. The molecule has 3 aliphatic rings. The van der Waals surface area contributed by atoms with Crippen molar-refractivity contribution in [2.45, 2.75) is 52.5 Å². The first-order valence-corrected chi connectivity index (χ1v) is 22.7. The van der Waals surface area contributed by atoms with Gasteiger partial charge in [0, 0.05) is 103 Å².